The van der Waals surface area contributed by atoms with Crippen molar-refractivity contribution in [1.82, 2.24) is 5.32 Å². The van der Waals surface area contributed by atoms with Crippen molar-refractivity contribution < 1.29 is 14.7 Å². The number of carbonyl (C=O) groups excluding carboxylic acids is 1. The molecule has 0 atom stereocenters. The minimum absolute atomic E-state index is 0.0216. The number of halogens is 1. The van der Waals surface area contributed by atoms with Crippen LogP contribution in [0.2, 0.25) is 0 Å². The van der Waals surface area contributed by atoms with E-state index in [2.05, 4.69) is 21.2 Å². The number of carbonyl (C=O) groups is 2. The van der Waals surface area contributed by atoms with Crippen molar-refractivity contribution in [3.63, 3.8) is 0 Å². The molecule has 4 nitrogen and oxygen atoms in total. The third-order valence-corrected chi connectivity index (χ3v) is 4.81. The van der Waals surface area contributed by atoms with Crippen LogP contribution in [-0.2, 0) is 16.0 Å². The van der Waals surface area contributed by atoms with E-state index in [9.17, 15) is 9.59 Å². The van der Waals surface area contributed by atoms with E-state index < -0.39 is 11.5 Å². The molecule has 0 heterocycles. The number of aryl methyl sites for hydroxylation is 1. The summed E-state index contributed by atoms with van der Waals surface area (Å²) in [7, 11) is 0. The summed E-state index contributed by atoms with van der Waals surface area (Å²) in [6, 6.07) is 7.82. The molecule has 1 aromatic carbocycles. The van der Waals surface area contributed by atoms with Crippen molar-refractivity contribution in [2.24, 2.45) is 0 Å². The van der Waals surface area contributed by atoms with Gasteiger partial charge in [-0.15, -0.1) is 0 Å². The lowest BCUT2D eigenvalue weighted by atomic mass is 9.93. The molecule has 0 saturated heterocycles. The van der Waals surface area contributed by atoms with E-state index in [4.69, 9.17) is 5.11 Å². The van der Waals surface area contributed by atoms with E-state index in [1.807, 2.05) is 24.3 Å². The lowest BCUT2D eigenvalue weighted by molar-refractivity contribution is -0.139. The van der Waals surface area contributed by atoms with Crippen LogP contribution in [0.3, 0.4) is 0 Å². The number of hydrogen-bond donors (Lipinski definition) is 2. The first-order valence-corrected chi connectivity index (χ1v) is 8.06. The van der Waals surface area contributed by atoms with Gasteiger partial charge in [-0.1, -0.05) is 47.0 Å². The number of rotatable bonds is 6. The highest BCUT2D eigenvalue weighted by Gasteiger charge is 2.37. The van der Waals surface area contributed by atoms with Crippen LogP contribution >= 0.6 is 15.9 Å². The van der Waals surface area contributed by atoms with E-state index in [1.54, 1.807) is 0 Å². The zero-order valence-corrected chi connectivity index (χ0v) is 13.5. The largest absolute Gasteiger partial charge is 0.481 e. The molecule has 114 valence electrons. The Labute approximate surface area is 133 Å². The van der Waals surface area contributed by atoms with Gasteiger partial charge in [0.05, 0.1) is 12.0 Å². The smallest absolute Gasteiger partial charge is 0.305 e. The number of carboxylic acids is 1. The predicted octanol–water partition coefficient (Wildman–Crippen LogP) is 3.29. The maximum atomic E-state index is 12.2. The molecule has 1 aliphatic rings. The van der Waals surface area contributed by atoms with E-state index in [0.717, 1.165) is 35.7 Å². The van der Waals surface area contributed by atoms with Gasteiger partial charge >= 0.3 is 5.97 Å². The number of carboxylic acid groups (broad SMARTS) is 1. The summed E-state index contributed by atoms with van der Waals surface area (Å²) in [5, 5.41) is 12.0. The second kappa shape index (κ2) is 7.07. The molecule has 0 bridgehead atoms. The fraction of sp³-hybridized carbons (Fsp3) is 0.500. The standard InChI is InChI=1S/C16H20BrNO3/c17-13-6-2-1-5-12(13)7-8-14(19)18-16(11-15(20)21)9-3-4-10-16/h1-2,5-6H,3-4,7-11H2,(H,18,19)(H,20,21). The SMILES string of the molecule is O=C(O)CC1(NC(=O)CCc2ccccc2Br)CCCC1. The average Bonchev–Trinajstić information content (AvgIpc) is 2.85. The fourth-order valence-corrected chi connectivity index (χ4v) is 3.48. The molecule has 0 aromatic heterocycles. The van der Waals surface area contributed by atoms with Gasteiger partial charge in [0.2, 0.25) is 5.91 Å². The topological polar surface area (TPSA) is 66.4 Å². The first-order valence-electron chi connectivity index (χ1n) is 7.27. The highest BCUT2D eigenvalue weighted by atomic mass is 79.9. The highest BCUT2D eigenvalue weighted by molar-refractivity contribution is 9.10. The van der Waals surface area contributed by atoms with Crippen LogP contribution in [0.15, 0.2) is 28.7 Å². The Morgan fingerprint density at radius 1 is 1.24 bits per heavy atom. The van der Waals surface area contributed by atoms with E-state index in [0.29, 0.717) is 12.8 Å². The van der Waals surface area contributed by atoms with E-state index in [1.165, 1.54) is 0 Å². The summed E-state index contributed by atoms with van der Waals surface area (Å²) < 4.78 is 0.999. The van der Waals surface area contributed by atoms with Crippen molar-refractivity contribution in [2.45, 2.75) is 50.5 Å². The number of nitrogens with one attached hydrogen (secondary N) is 1. The van der Waals surface area contributed by atoms with Gasteiger partial charge in [0.1, 0.15) is 0 Å². The summed E-state index contributed by atoms with van der Waals surface area (Å²) in [5.41, 5.74) is 0.558. The molecular weight excluding hydrogens is 334 g/mol. The Morgan fingerprint density at radius 3 is 2.52 bits per heavy atom. The van der Waals surface area contributed by atoms with Gasteiger partial charge in [0, 0.05) is 10.9 Å². The Hall–Kier alpha value is -1.36. The molecule has 1 fully saturated rings. The normalized spacial score (nSPS) is 16.6. The number of benzene rings is 1. The minimum atomic E-state index is -0.844. The van der Waals surface area contributed by atoms with Crippen LogP contribution in [0.1, 0.15) is 44.1 Å². The van der Waals surface area contributed by atoms with Crippen LogP contribution < -0.4 is 5.32 Å². The first kappa shape index (κ1) is 16.0. The molecule has 1 aromatic rings. The molecule has 0 radical (unpaired) electrons. The number of hydrogen-bond acceptors (Lipinski definition) is 2. The van der Waals surface area contributed by atoms with Crippen LogP contribution in [0.25, 0.3) is 0 Å². The molecule has 2 N–H and O–H groups in total. The second-order valence-corrected chi connectivity index (χ2v) is 6.55. The quantitative estimate of drug-likeness (QED) is 0.824. The minimum Gasteiger partial charge on any atom is -0.481 e. The number of amides is 1. The average molecular weight is 354 g/mol. The zero-order chi connectivity index (χ0) is 15.3. The van der Waals surface area contributed by atoms with Gasteiger partial charge in [-0.25, -0.2) is 0 Å². The van der Waals surface area contributed by atoms with Crippen molar-refractivity contribution in [3.8, 4) is 0 Å². The van der Waals surface area contributed by atoms with Crippen molar-refractivity contribution >= 4 is 27.8 Å². The zero-order valence-electron chi connectivity index (χ0n) is 11.9. The highest BCUT2D eigenvalue weighted by Crippen LogP contribution is 2.32. The molecule has 21 heavy (non-hydrogen) atoms. The molecule has 1 aliphatic carbocycles. The van der Waals surface area contributed by atoms with E-state index in [-0.39, 0.29) is 12.3 Å². The lowest BCUT2D eigenvalue weighted by Crippen LogP contribution is -2.47. The third-order valence-electron chi connectivity index (χ3n) is 4.03. The third kappa shape index (κ3) is 4.56. The van der Waals surface area contributed by atoms with Crippen molar-refractivity contribution in [2.75, 3.05) is 0 Å². The van der Waals surface area contributed by atoms with Gasteiger partial charge in [0.25, 0.3) is 0 Å². The molecule has 0 spiro atoms. The Bertz CT molecular complexity index is 524. The van der Waals surface area contributed by atoms with Gasteiger partial charge in [-0.05, 0) is 30.9 Å². The summed E-state index contributed by atoms with van der Waals surface area (Å²) in [6.07, 6.45) is 4.55. The Kier molecular flexibility index (Phi) is 5.39. The monoisotopic (exact) mass is 353 g/mol. The summed E-state index contributed by atoms with van der Waals surface area (Å²) in [5.74, 6) is -0.906. The van der Waals surface area contributed by atoms with Crippen LogP contribution in [0, 0.1) is 0 Å². The van der Waals surface area contributed by atoms with Crippen LogP contribution in [0.4, 0.5) is 0 Å². The molecular formula is C16H20BrNO3. The summed E-state index contributed by atoms with van der Waals surface area (Å²) >= 11 is 3.47. The summed E-state index contributed by atoms with van der Waals surface area (Å²) in [4.78, 5) is 23.2. The second-order valence-electron chi connectivity index (χ2n) is 5.70. The number of aliphatic carboxylic acids is 1. The first-order chi connectivity index (χ1) is 10.0. The van der Waals surface area contributed by atoms with Gasteiger partial charge in [-0.2, -0.15) is 0 Å². The Morgan fingerprint density at radius 2 is 1.90 bits per heavy atom. The van der Waals surface area contributed by atoms with Crippen LogP contribution in [-0.4, -0.2) is 22.5 Å². The fourth-order valence-electron chi connectivity index (χ4n) is 2.99. The molecule has 0 aliphatic heterocycles. The van der Waals surface area contributed by atoms with E-state index >= 15 is 0 Å². The molecule has 0 unspecified atom stereocenters. The lowest BCUT2D eigenvalue weighted by Gasteiger charge is -2.28. The van der Waals surface area contributed by atoms with Gasteiger partial charge in [-0.3, -0.25) is 9.59 Å². The molecule has 5 heteroatoms. The van der Waals surface area contributed by atoms with Gasteiger partial charge < -0.3 is 10.4 Å². The predicted molar refractivity (Wildman–Crippen MR) is 84.1 cm³/mol. The van der Waals surface area contributed by atoms with Gasteiger partial charge in [0.15, 0.2) is 0 Å². The van der Waals surface area contributed by atoms with Crippen molar-refractivity contribution in [1.29, 1.82) is 0 Å². The maximum absolute atomic E-state index is 12.2. The molecule has 1 saturated carbocycles. The maximum Gasteiger partial charge on any atom is 0.305 e. The molecule has 1 amide bonds. The Balaban J connectivity index is 1.91. The molecule has 2 rings (SSSR count). The summed E-state index contributed by atoms with van der Waals surface area (Å²) in [6.45, 7) is 0. The van der Waals surface area contributed by atoms with Crippen molar-refractivity contribution in [3.05, 3.63) is 34.3 Å². The van der Waals surface area contributed by atoms with Crippen LogP contribution in [0.5, 0.6) is 0 Å².